The molecule has 0 amide bonds. The number of halogens is 1. The second-order valence-electron chi connectivity index (χ2n) is 6.45. The van der Waals surface area contributed by atoms with Gasteiger partial charge in [0.15, 0.2) is 9.68 Å². The Morgan fingerprint density at radius 3 is 2.79 bits per heavy atom. The molecule has 0 spiro atoms. The first-order valence-corrected chi connectivity index (χ1v) is 10.6. The van der Waals surface area contributed by atoms with Gasteiger partial charge in [-0.3, -0.25) is 0 Å². The van der Waals surface area contributed by atoms with Crippen LogP contribution in [-0.4, -0.2) is 14.6 Å². The van der Waals surface area contributed by atoms with Crippen LogP contribution in [0, 0.1) is 0 Å². The highest BCUT2D eigenvalue weighted by Crippen LogP contribution is 2.35. The minimum Gasteiger partial charge on any atom is -0.488 e. The molecule has 0 fully saturated rings. The van der Waals surface area contributed by atoms with E-state index >= 15 is 0 Å². The van der Waals surface area contributed by atoms with Crippen LogP contribution in [0.3, 0.4) is 0 Å². The van der Waals surface area contributed by atoms with Crippen molar-refractivity contribution in [1.82, 2.24) is 14.6 Å². The van der Waals surface area contributed by atoms with Gasteiger partial charge in [-0.25, -0.2) is 9.50 Å². The molecule has 3 aromatic heterocycles. The zero-order valence-corrected chi connectivity index (χ0v) is 17.5. The number of benzene rings is 2. The number of ether oxygens (including phenoxy) is 1. The van der Waals surface area contributed by atoms with Crippen molar-refractivity contribution in [2.24, 2.45) is 0 Å². The second-order valence-corrected chi connectivity index (χ2v) is 8.68. The predicted octanol–water partition coefficient (Wildman–Crippen LogP) is 6.11. The second kappa shape index (κ2) is 7.07. The average molecular weight is 454 g/mol. The molecule has 5 nitrogen and oxygen atoms in total. The molecule has 0 radical (unpaired) electrons. The van der Waals surface area contributed by atoms with E-state index < -0.39 is 0 Å². The van der Waals surface area contributed by atoms with Crippen molar-refractivity contribution >= 4 is 43.2 Å². The first-order valence-electron chi connectivity index (χ1n) is 8.95. The summed E-state index contributed by atoms with van der Waals surface area (Å²) in [5.41, 5.74) is 3.87. The van der Waals surface area contributed by atoms with Gasteiger partial charge in [0.05, 0.1) is 11.6 Å². The quantitative estimate of drug-likeness (QED) is 0.322. The molecule has 140 valence electrons. The Hall–Kier alpha value is -2.64. The van der Waals surface area contributed by atoms with Crippen molar-refractivity contribution in [2.45, 2.75) is 20.0 Å². The van der Waals surface area contributed by atoms with E-state index in [1.165, 1.54) is 16.9 Å². The Morgan fingerprint density at radius 2 is 2.00 bits per heavy atom. The fourth-order valence-electron chi connectivity index (χ4n) is 3.14. The van der Waals surface area contributed by atoms with Gasteiger partial charge in [0, 0.05) is 0 Å². The van der Waals surface area contributed by atoms with Crippen molar-refractivity contribution in [1.29, 1.82) is 0 Å². The third kappa shape index (κ3) is 3.21. The molecule has 2 aromatic carbocycles. The molecule has 0 N–H and O–H groups in total. The summed E-state index contributed by atoms with van der Waals surface area (Å²) in [5.74, 6) is 1.54. The largest absolute Gasteiger partial charge is 0.488 e. The molecule has 0 atom stereocenters. The summed E-state index contributed by atoms with van der Waals surface area (Å²) in [6, 6.07) is 16.3. The first-order chi connectivity index (χ1) is 13.7. The first kappa shape index (κ1) is 17.5. The topological polar surface area (TPSA) is 52.6 Å². The summed E-state index contributed by atoms with van der Waals surface area (Å²) in [6.07, 6.45) is 2.78. The Kier molecular flexibility index (Phi) is 4.41. The van der Waals surface area contributed by atoms with E-state index in [1.807, 2.05) is 30.5 Å². The Morgan fingerprint density at radius 1 is 1.14 bits per heavy atom. The van der Waals surface area contributed by atoms with Crippen LogP contribution in [0.1, 0.15) is 18.1 Å². The molecule has 28 heavy (non-hydrogen) atoms. The number of nitrogens with zero attached hydrogens (tertiary/aromatic N) is 3. The summed E-state index contributed by atoms with van der Waals surface area (Å²) in [6.45, 7) is 2.64. The molecule has 0 unspecified atom stereocenters. The summed E-state index contributed by atoms with van der Waals surface area (Å²) in [4.78, 5) is 5.44. The van der Waals surface area contributed by atoms with Crippen LogP contribution in [0.15, 0.2) is 63.1 Å². The lowest BCUT2D eigenvalue weighted by atomic mass is 10.1. The Labute approximate surface area is 173 Å². The van der Waals surface area contributed by atoms with E-state index in [1.54, 1.807) is 4.52 Å². The van der Waals surface area contributed by atoms with Crippen LogP contribution >= 0.6 is 27.3 Å². The highest BCUT2D eigenvalue weighted by atomic mass is 79.9. The monoisotopic (exact) mass is 453 g/mol. The molecule has 3 heterocycles. The Balaban J connectivity index is 1.54. The van der Waals surface area contributed by atoms with Crippen molar-refractivity contribution in [2.75, 3.05) is 0 Å². The predicted molar refractivity (Wildman–Crippen MR) is 114 cm³/mol. The van der Waals surface area contributed by atoms with Gasteiger partial charge in [0.1, 0.15) is 23.6 Å². The van der Waals surface area contributed by atoms with Crippen molar-refractivity contribution < 1.29 is 9.15 Å². The number of hydrogen-bond donors (Lipinski definition) is 0. The van der Waals surface area contributed by atoms with Crippen LogP contribution in [0.4, 0.5) is 0 Å². The molecule has 0 aliphatic carbocycles. The molecule has 0 aliphatic heterocycles. The molecule has 5 rings (SSSR count). The standard InChI is InChI=1S/C21H16BrN3O2S/c1-2-13-8-17(26-12-14-6-4-3-5-7-14)15-10-19(27-18(15)9-13)16-11-25-21(23-16)28-20(22)24-25/h3-11H,2,12H2,1H3. The van der Waals surface area contributed by atoms with E-state index in [4.69, 9.17) is 9.15 Å². The van der Waals surface area contributed by atoms with Gasteiger partial charge >= 0.3 is 0 Å². The summed E-state index contributed by atoms with van der Waals surface area (Å²) < 4.78 is 14.8. The molecule has 0 aliphatic rings. The molecular formula is C21H16BrN3O2S. The molecule has 7 heteroatoms. The molecular weight excluding hydrogens is 438 g/mol. The third-order valence-electron chi connectivity index (χ3n) is 4.58. The lowest BCUT2D eigenvalue weighted by Crippen LogP contribution is -1.96. The van der Waals surface area contributed by atoms with Gasteiger partial charge in [0.25, 0.3) is 0 Å². The van der Waals surface area contributed by atoms with Crippen molar-refractivity contribution in [3.05, 3.63) is 69.8 Å². The maximum absolute atomic E-state index is 6.15. The maximum Gasteiger partial charge on any atom is 0.213 e. The zero-order chi connectivity index (χ0) is 19.1. The molecule has 0 saturated heterocycles. The number of aromatic nitrogens is 3. The highest BCUT2D eigenvalue weighted by Gasteiger charge is 2.16. The van der Waals surface area contributed by atoms with E-state index in [9.17, 15) is 0 Å². The van der Waals surface area contributed by atoms with E-state index in [-0.39, 0.29) is 0 Å². The lowest BCUT2D eigenvalue weighted by Gasteiger charge is -2.09. The highest BCUT2D eigenvalue weighted by molar-refractivity contribution is 9.11. The number of furan rings is 1. The van der Waals surface area contributed by atoms with Crippen LogP contribution in [0.5, 0.6) is 5.75 Å². The number of imidazole rings is 1. The summed E-state index contributed by atoms with van der Waals surface area (Å²) in [7, 11) is 0. The van der Waals surface area contributed by atoms with Gasteiger partial charge in [-0.2, -0.15) is 0 Å². The van der Waals surface area contributed by atoms with Crippen molar-refractivity contribution in [3.8, 4) is 17.2 Å². The number of fused-ring (bicyclic) bond motifs is 2. The van der Waals surface area contributed by atoms with Crippen LogP contribution < -0.4 is 4.74 Å². The minimum absolute atomic E-state index is 0.516. The summed E-state index contributed by atoms with van der Waals surface area (Å²) >= 11 is 4.86. The average Bonchev–Trinajstić information content (AvgIpc) is 3.38. The van der Waals surface area contributed by atoms with Gasteiger partial charge in [-0.05, 0) is 51.7 Å². The number of hydrogen-bond acceptors (Lipinski definition) is 5. The number of aryl methyl sites for hydroxylation is 1. The lowest BCUT2D eigenvalue weighted by molar-refractivity contribution is 0.309. The molecule has 0 bridgehead atoms. The fourth-order valence-corrected chi connectivity index (χ4v) is 4.36. The molecule has 5 aromatic rings. The third-order valence-corrected chi connectivity index (χ3v) is 5.93. The summed E-state index contributed by atoms with van der Waals surface area (Å²) in [5, 5.41) is 5.30. The van der Waals surface area contributed by atoms with Gasteiger partial charge < -0.3 is 9.15 Å². The normalized spacial score (nSPS) is 11.5. The van der Waals surface area contributed by atoms with Crippen LogP contribution in [-0.2, 0) is 13.0 Å². The zero-order valence-electron chi connectivity index (χ0n) is 15.1. The maximum atomic E-state index is 6.15. The Bertz CT molecular complexity index is 1240. The van der Waals surface area contributed by atoms with Crippen LogP contribution in [0.2, 0.25) is 0 Å². The van der Waals surface area contributed by atoms with E-state index in [2.05, 4.69) is 57.2 Å². The van der Waals surface area contributed by atoms with Crippen molar-refractivity contribution in [3.63, 3.8) is 0 Å². The van der Waals surface area contributed by atoms with E-state index in [0.29, 0.717) is 12.4 Å². The fraction of sp³-hybridized carbons (Fsp3) is 0.143. The number of rotatable bonds is 5. The van der Waals surface area contributed by atoms with E-state index in [0.717, 1.165) is 43.3 Å². The smallest absolute Gasteiger partial charge is 0.213 e. The van der Waals surface area contributed by atoms with Gasteiger partial charge in [-0.1, -0.05) is 48.6 Å². The van der Waals surface area contributed by atoms with Crippen LogP contribution in [0.25, 0.3) is 27.4 Å². The minimum atomic E-state index is 0.516. The molecule has 0 saturated carbocycles. The van der Waals surface area contributed by atoms with Gasteiger partial charge in [-0.15, -0.1) is 5.10 Å². The van der Waals surface area contributed by atoms with Gasteiger partial charge in [0.2, 0.25) is 4.96 Å². The SMILES string of the molecule is CCc1cc(OCc2ccccc2)c2cc(-c3cn4nc(Br)sc4n3)oc2c1.